The predicted molar refractivity (Wildman–Crippen MR) is 70.5 cm³/mol. The summed E-state index contributed by atoms with van der Waals surface area (Å²) in [4.78, 5) is 11.4. The van der Waals surface area contributed by atoms with Crippen molar-refractivity contribution in [1.29, 1.82) is 0 Å². The molecule has 0 aromatic heterocycles. The van der Waals surface area contributed by atoms with Gasteiger partial charge in [-0.15, -0.1) is 0 Å². The Labute approximate surface area is 107 Å². The summed E-state index contributed by atoms with van der Waals surface area (Å²) in [5, 5.41) is 21.2. The SMILES string of the molecule is CC(C)/C=C/C(=O)NCCc1ccc(O)c(O)c1. The Hall–Kier alpha value is -1.97. The molecule has 0 aliphatic rings. The van der Waals surface area contributed by atoms with Gasteiger partial charge in [0.1, 0.15) is 0 Å². The topological polar surface area (TPSA) is 69.6 Å². The van der Waals surface area contributed by atoms with Gasteiger partial charge in [0.25, 0.3) is 0 Å². The molecular weight excluding hydrogens is 230 g/mol. The average molecular weight is 249 g/mol. The Bertz CT molecular complexity index is 439. The summed E-state index contributed by atoms with van der Waals surface area (Å²) in [5.74, 6) is -0.0438. The molecule has 0 saturated carbocycles. The first-order chi connectivity index (χ1) is 8.49. The molecule has 0 radical (unpaired) electrons. The lowest BCUT2D eigenvalue weighted by atomic mass is 10.1. The minimum Gasteiger partial charge on any atom is -0.504 e. The van der Waals surface area contributed by atoms with Crippen LogP contribution in [0.2, 0.25) is 0 Å². The summed E-state index contributed by atoms with van der Waals surface area (Å²) >= 11 is 0. The van der Waals surface area contributed by atoms with Crippen molar-refractivity contribution < 1.29 is 15.0 Å². The highest BCUT2D eigenvalue weighted by atomic mass is 16.3. The smallest absolute Gasteiger partial charge is 0.243 e. The number of allylic oxidation sites excluding steroid dienone is 1. The molecule has 0 unspecified atom stereocenters. The Balaban J connectivity index is 2.37. The summed E-state index contributed by atoms with van der Waals surface area (Å²) in [5.41, 5.74) is 0.860. The van der Waals surface area contributed by atoms with Crippen LogP contribution in [0.3, 0.4) is 0 Å². The minimum atomic E-state index is -0.140. The van der Waals surface area contributed by atoms with Crippen LogP contribution in [0.1, 0.15) is 19.4 Å². The van der Waals surface area contributed by atoms with E-state index < -0.39 is 0 Å². The maximum atomic E-state index is 11.4. The lowest BCUT2D eigenvalue weighted by Gasteiger charge is -2.04. The Morgan fingerprint density at radius 3 is 2.67 bits per heavy atom. The third-order valence-electron chi connectivity index (χ3n) is 2.39. The van der Waals surface area contributed by atoms with Crippen LogP contribution < -0.4 is 5.32 Å². The number of nitrogens with one attached hydrogen (secondary N) is 1. The molecule has 0 aliphatic heterocycles. The fourth-order valence-electron chi connectivity index (χ4n) is 1.39. The lowest BCUT2D eigenvalue weighted by molar-refractivity contribution is -0.116. The van der Waals surface area contributed by atoms with Crippen LogP contribution in [0.4, 0.5) is 0 Å². The molecule has 18 heavy (non-hydrogen) atoms. The van der Waals surface area contributed by atoms with E-state index in [1.54, 1.807) is 6.07 Å². The highest BCUT2D eigenvalue weighted by Gasteiger charge is 2.01. The zero-order chi connectivity index (χ0) is 13.5. The van der Waals surface area contributed by atoms with E-state index in [9.17, 15) is 9.90 Å². The summed E-state index contributed by atoms with van der Waals surface area (Å²) in [7, 11) is 0. The van der Waals surface area contributed by atoms with Gasteiger partial charge in [-0.3, -0.25) is 4.79 Å². The van der Waals surface area contributed by atoms with Crippen molar-refractivity contribution in [2.24, 2.45) is 5.92 Å². The second-order valence-corrected chi connectivity index (χ2v) is 4.47. The Morgan fingerprint density at radius 1 is 1.33 bits per heavy atom. The molecule has 1 aromatic carbocycles. The molecule has 0 atom stereocenters. The molecule has 0 saturated heterocycles. The molecule has 1 aromatic rings. The van der Waals surface area contributed by atoms with Gasteiger partial charge in [-0.1, -0.05) is 26.0 Å². The molecule has 4 nitrogen and oxygen atoms in total. The number of phenols is 2. The Morgan fingerprint density at radius 2 is 2.06 bits per heavy atom. The number of carbonyl (C=O) groups is 1. The fraction of sp³-hybridized carbons (Fsp3) is 0.357. The molecular formula is C14H19NO3. The number of rotatable bonds is 5. The summed E-state index contributed by atoms with van der Waals surface area (Å²) in [6, 6.07) is 4.64. The first-order valence-electron chi connectivity index (χ1n) is 5.96. The number of benzene rings is 1. The normalized spacial score (nSPS) is 11.1. The van der Waals surface area contributed by atoms with Crippen LogP contribution in [-0.2, 0) is 11.2 Å². The van der Waals surface area contributed by atoms with Crippen molar-refractivity contribution in [3.05, 3.63) is 35.9 Å². The van der Waals surface area contributed by atoms with Crippen molar-refractivity contribution in [1.82, 2.24) is 5.32 Å². The molecule has 1 rings (SSSR count). The van der Waals surface area contributed by atoms with Crippen molar-refractivity contribution in [3.8, 4) is 11.5 Å². The van der Waals surface area contributed by atoms with E-state index in [4.69, 9.17) is 5.11 Å². The van der Waals surface area contributed by atoms with Crippen molar-refractivity contribution in [2.75, 3.05) is 6.54 Å². The average Bonchev–Trinajstić information content (AvgIpc) is 2.31. The number of hydrogen-bond acceptors (Lipinski definition) is 3. The highest BCUT2D eigenvalue weighted by molar-refractivity contribution is 5.87. The molecule has 0 spiro atoms. The third-order valence-corrected chi connectivity index (χ3v) is 2.39. The van der Waals surface area contributed by atoms with E-state index in [0.717, 1.165) is 5.56 Å². The van der Waals surface area contributed by atoms with E-state index >= 15 is 0 Å². The van der Waals surface area contributed by atoms with Crippen molar-refractivity contribution in [3.63, 3.8) is 0 Å². The van der Waals surface area contributed by atoms with Crippen LogP contribution in [0.5, 0.6) is 11.5 Å². The number of carbonyl (C=O) groups excluding carboxylic acids is 1. The lowest BCUT2D eigenvalue weighted by Crippen LogP contribution is -2.23. The first kappa shape index (κ1) is 14.1. The summed E-state index contributed by atoms with van der Waals surface area (Å²) in [6.07, 6.45) is 3.97. The van der Waals surface area contributed by atoms with Gasteiger partial charge in [0.05, 0.1) is 0 Å². The van der Waals surface area contributed by atoms with Gasteiger partial charge in [-0.2, -0.15) is 0 Å². The van der Waals surface area contributed by atoms with Gasteiger partial charge in [0.2, 0.25) is 5.91 Å². The number of phenolic OH excluding ortho intramolecular Hbond substituents is 2. The molecule has 0 aliphatic carbocycles. The number of aromatic hydroxyl groups is 2. The molecule has 0 bridgehead atoms. The molecule has 1 amide bonds. The van der Waals surface area contributed by atoms with E-state index in [1.165, 1.54) is 18.2 Å². The van der Waals surface area contributed by atoms with Crippen LogP contribution in [0.15, 0.2) is 30.4 Å². The highest BCUT2D eigenvalue weighted by Crippen LogP contribution is 2.24. The molecule has 0 heterocycles. The van der Waals surface area contributed by atoms with Gasteiger partial charge in [0.15, 0.2) is 11.5 Å². The Kier molecular flexibility index (Phi) is 5.24. The standard InChI is InChI=1S/C14H19NO3/c1-10(2)3-6-14(18)15-8-7-11-4-5-12(16)13(17)9-11/h3-6,9-10,16-17H,7-8H2,1-2H3,(H,15,18)/b6-3+. The van der Waals surface area contributed by atoms with Gasteiger partial charge in [-0.25, -0.2) is 0 Å². The molecule has 4 heteroatoms. The minimum absolute atomic E-state index is 0.119. The monoisotopic (exact) mass is 249 g/mol. The number of hydrogen-bond donors (Lipinski definition) is 3. The van der Waals surface area contributed by atoms with Crippen LogP contribution in [0.25, 0.3) is 0 Å². The predicted octanol–water partition coefficient (Wildman–Crippen LogP) is 1.97. The zero-order valence-electron chi connectivity index (χ0n) is 10.7. The quantitative estimate of drug-likeness (QED) is 0.552. The second-order valence-electron chi connectivity index (χ2n) is 4.47. The van der Waals surface area contributed by atoms with Crippen LogP contribution >= 0.6 is 0 Å². The molecule has 0 fully saturated rings. The maximum absolute atomic E-state index is 11.4. The van der Waals surface area contributed by atoms with Gasteiger partial charge in [-0.05, 0) is 36.1 Å². The van der Waals surface area contributed by atoms with Crippen LogP contribution in [0, 0.1) is 5.92 Å². The van der Waals surface area contributed by atoms with Gasteiger partial charge in [0, 0.05) is 6.54 Å². The summed E-state index contributed by atoms with van der Waals surface area (Å²) < 4.78 is 0. The molecule has 98 valence electrons. The second kappa shape index (κ2) is 6.69. The van der Waals surface area contributed by atoms with E-state index in [1.807, 2.05) is 19.9 Å². The summed E-state index contributed by atoms with van der Waals surface area (Å²) in [6.45, 7) is 4.50. The van der Waals surface area contributed by atoms with E-state index in [0.29, 0.717) is 18.9 Å². The zero-order valence-corrected chi connectivity index (χ0v) is 10.7. The van der Waals surface area contributed by atoms with Gasteiger partial charge < -0.3 is 15.5 Å². The van der Waals surface area contributed by atoms with Crippen molar-refractivity contribution in [2.45, 2.75) is 20.3 Å². The van der Waals surface area contributed by atoms with Crippen molar-refractivity contribution >= 4 is 5.91 Å². The third kappa shape index (κ3) is 4.91. The fourth-order valence-corrected chi connectivity index (χ4v) is 1.39. The van der Waals surface area contributed by atoms with Gasteiger partial charge >= 0.3 is 0 Å². The maximum Gasteiger partial charge on any atom is 0.243 e. The van der Waals surface area contributed by atoms with E-state index in [2.05, 4.69) is 5.32 Å². The molecule has 3 N–H and O–H groups in total. The largest absolute Gasteiger partial charge is 0.504 e. The first-order valence-corrected chi connectivity index (χ1v) is 5.96. The number of amides is 1. The van der Waals surface area contributed by atoms with E-state index in [-0.39, 0.29) is 17.4 Å². The van der Waals surface area contributed by atoms with Crippen LogP contribution in [-0.4, -0.2) is 22.7 Å².